The van der Waals surface area contributed by atoms with E-state index in [0.717, 1.165) is 12.8 Å². The van der Waals surface area contributed by atoms with Crippen molar-refractivity contribution < 1.29 is 19.4 Å². The van der Waals surface area contributed by atoms with E-state index >= 15 is 0 Å². The molecule has 5 nitrogen and oxygen atoms in total. The van der Waals surface area contributed by atoms with Gasteiger partial charge in [-0.2, -0.15) is 0 Å². The van der Waals surface area contributed by atoms with Gasteiger partial charge >= 0.3 is 5.97 Å². The second-order valence-corrected chi connectivity index (χ2v) is 4.35. The van der Waals surface area contributed by atoms with Gasteiger partial charge in [0.2, 0.25) is 5.91 Å². The summed E-state index contributed by atoms with van der Waals surface area (Å²) < 4.78 is 5.46. The molecule has 98 valence electrons. The van der Waals surface area contributed by atoms with Crippen LogP contribution in [0.3, 0.4) is 0 Å². The minimum Gasteiger partial charge on any atom is -0.481 e. The summed E-state index contributed by atoms with van der Waals surface area (Å²) in [6.45, 7) is 3.23. The van der Waals surface area contributed by atoms with Crippen molar-refractivity contribution in [2.75, 3.05) is 13.2 Å². The monoisotopic (exact) mass is 243 g/mol. The van der Waals surface area contributed by atoms with Crippen molar-refractivity contribution in [2.45, 2.75) is 45.1 Å². The minimum absolute atomic E-state index is 0.0283. The molecule has 5 heteroatoms. The normalized spacial score (nSPS) is 23.6. The van der Waals surface area contributed by atoms with E-state index in [1.165, 1.54) is 0 Å². The highest BCUT2D eigenvalue weighted by Gasteiger charge is 2.32. The fourth-order valence-corrected chi connectivity index (χ4v) is 2.09. The van der Waals surface area contributed by atoms with Crippen molar-refractivity contribution in [2.24, 2.45) is 5.92 Å². The SMILES string of the molecule is CCC1OCCC1C(=O)NCCCCC(=O)O. The van der Waals surface area contributed by atoms with Gasteiger partial charge in [-0.3, -0.25) is 9.59 Å². The second-order valence-electron chi connectivity index (χ2n) is 4.35. The smallest absolute Gasteiger partial charge is 0.303 e. The quantitative estimate of drug-likeness (QED) is 0.658. The van der Waals surface area contributed by atoms with Gasteiger partial charge in [0.05, 0.1) is 12.0 Å². The highest BCUT2D eigenvalue weighted by atomic mass is 16.5. The Hall–Kier alpha value is -1.10. The topological polar surface area (TPSA) is 75.6 Å². The van der Waals surface area contributed by atoms with Crippen molar-refractivity contribution in [1.29, 1.82) is 0 Å². The summed E-state index contributed by atoms with van der Waals surface area (Å²) in [6.07, 6.45) is 3.18. The predicted octanol–water partition coefficient (Wildman–Crippen LogP) is 1.17. The molecule has 1 rings (SSSR count). The molecular weight excluding hydrogens is 222 g/mol. The zero-order chi connectivity index (χ0) is 12.7. The Balaban J connectivity index is 2.14. The Bertz CT molecular complexity index is 267. The number of carbonyl (C=O) groups is 2. The van der Waals surface area contributed by atoms with Gasteiger partial charge in [-0.05, 0) is 25.7 Å². The first-order valence-electron chi connectivity index (χ1n) is 6.26. The Morgan fingerprint density at radius 2 is 2.18 bits per heavy atom. The third-order valence-corrected chi connectivity index (χ3v) is 3.07. The van der Waals surface area contributed by atoms with Gasteiger partial charge in [0.1, 0.15) is 0 Å². The van der Waals surface area contributed by atoms with Gasteiger partial charge in [-0.25, -0.2) is 0 Å². The van der Waals surface area contributed by atoms with Crippen LogP contribution < -0.4 is 5.32 Å². The van der Waals surface area contributed by atoms with Crippen LogP contribution in [0, 0.1) is 5.92 Å². The largest absolute Gasteiger partial charge is 0.481 e. The lowest BCUT2D eigenvalue weighted by Crippen LogP contribution is -2.35. The third-order valence-electron chi connectivity index (χ3n) is 3.07. The van der Waals surface area contributed by atoms with Crippen LogP contribution in [-0.4, -0.2) is 36.2 Å². The molecule has 0 radical (unpaired) electrons. The average Bonchev–Trinajstić information content (AvgIpc) is 2.75. The number of carboxylic acids is 1. The molecule has 2 N–H and O–H groups in total. The van der Waals surface area contributed by atoms with Crippen molar-refractivity contribution in [3.05, 3.63) is 0 Å². The maximum Gasteiger partial charge on any atom is 0.303 e. The number of rotatable bonds is 7. The van der Waals surface area contributed by atoms with Gasteiger partial charge in [0.25, 0.3) is 0 Å². The Morgan fingerprint density at radius 1 is 1.41 bits per heavy atom. The molecule has 0 aromatic rings. The van der Waals surface area contributed by atoms with Crippen LogP contribution in [-0.2, 0) is 14.3 Å². The van der Waals surface area contributed by atoms with Gasteiger partial charge in [0.15, 0.2) is 0 Å². The fourth-order valence-electron chi connectivity index (χ4n) is 2.09. The third kappa shape index (κ3) is 4.73. The molecule has 1 amide bonds. The first-order valence-corrected chi connectivity index (χ1v) is 6.26. The first kappa shape index (κ1) is 14.0. The van der Waals surface area contributed by atoms with Gasteiger partial charge in [-0.15, -0.1) is 0 Å². The molecule has 2 unspecified atom stereocenters. The van der Waals surface area contributed by atoms with E-state index in [1.807, 2.05) is 6.92 Å². The van der Waals surface area contributed by atoms with Crippen LogP contribution in [0.25, 0.3) is 0 Å². The standard InChI is InChI=1S/C12H21NO4/c1-2-10-9(6-8-17-10)12(16)13-7-4-3-5-11(14)15/h9-10H,2-8H2,1H3,(H,13,16)(H,14,15). The lowest BCUT2D eigenvalue weighted by molar-refractivity contribution is -0.137. The first-order chi connectivity index (χ1) is 8.15. The maximum absolute atomic E-state index is 11.8. The summed E-state index contributed by atoms with van der Waals surface area (Å²) in [5.74, 6) is -0.768. The van der Waals surface area contributed by atoms with E-state index in [2.05, 4.69) is 5.32 Å². The Kier molecular flexibility index (Phi) is 5.97. The van der Waals surface area contributed by atoms with E-state index in [-0.39, 0.29) is 24.3 Å². The van der Waals surface area contributed by atoms with E-state index in [9.17, 15) is 9.59 Å². The molecule has 1 saturated heterocycles. The summed E-state index contributed by atoms with van der Waals surface area (Å²) >= 11 is 0. The van der Waals surface area contributed by atoms with E-state index < -0.39 is 5.97 Å². The summed E-state index contributed by atoms with van der Waals surface area (Å²) in [4.78, 5) is 22.1. The fraction of sp³-hybridized carbons (Fsp3) is 0.833. The Labute approximate surface area is 102 Å². The molecule has 0 aromatic heterocycles. The van der Waals surface area contributed by atoms with E-state index in [1.54, 1.807) is 0 Å². The number of amides is 1. The highest BCUT2D eigenvalue weighted by molar-refractivity contribution is 5.79. The molecule has 0 aromatic carbocycles. The minimum atomic E-state index is -0.786. The number of hydrogen-bond donors (Lipinski definition) is 2. The van der Waals surface area contributed by atoms with Crippen LogP contribution in [0.15, 0.2) is 0 Å². The molecule has 0 bridgehead atoms. The zero-order valence-electron chi connectivity index (χ0n) is 10.3. The van der Waals surface area contributed by atoms with E-state index in [4.69, 9.17) is 9.84 Å². The molecule has 1 heterocycles. The Morgan fingerprint density at radius 3 is 2.82 bits per heavy atom. The van der Waals surface area contributed by atoms with Crippen molar-refractivity contribution >= 4 is 11.9 Å². The molecule has 1 fully saturated rings. The lowest BCUT2D eigenvalue weighted by atomic mass is 9.99. The van der Waals surface area contributed by atoms with Crippen molar-refractivity contribution in [3.8, 4) is 0 Å². The molecular formula is C12H21NO4. The summed E-state index contributed by atoms with van der Waals surface area (Å²) in [7, 11) is 0. The zero-order valence-corrected chi connectivity index (χ0v) is 10.3. The summed E-state index contributed by atoms with van der Waals surface area (Å²) in [6, 6.07) is 0. The molecule has 1 aliphatic rings. The molecule has 1 aliphatic heterocycles. The number of hydrogen-bond acceptors (Lipinski definition) is 3. The molecule has 0 aliphatic carbocycles. The van der Waals surface area contributed by atoms with Gasteiger partial charge in [-0.1, -0.05) is 6.92 Å². The molecule has 17 heavy (non-hydrogen) atoms. The lowest BCUT2D eigenvalue weighted by Gasteiger charge is -2.16. The predicted molar refractivity (Wildman–Crippen MR) is 62.6 cm³/mol. The van der Waals surface area contributed by atoms with E-state index in [0.29, 0.717) is 26.0 Å². The highest BCUT2D eigenvalue weighted by Crippen LogP contribution is 2.23. The molecule has 0 saturated carbocycles. The maximum atomic E-state index is 11.8. The average molecular weight is 243 g/mol. The van der Waals surface area contributed by atoms with Crippen LogP contribution in [0.4, 0.5) is 0 Å². The number of nitrogens with one attached hydrogen (secondary N) is 1. The number of carboxylic acid groups (broad SMARTS) is 1. The molecule has 2 atom stereocenters. The van der Waals surface area contributed by atoms with Crippen molar-refractivity contribution in [3.63, 3.8) is 0 Å². The van der Waals surface area contributed by atoms with Gasteiger partial charge < -0.3 is 15.2 Å². The van der Waals surface area contributed by atoms with Gasteiger partial charge in [0, 0.05) is 19.6 Å². The van der Waals surface area contributed by atoms with Crippen LogP contribution in [0.5, 0.6) is 0 Å². The molecule has 0 spiro atoms. The van der Waals surface area contributed by atoms with Crippen LogP contribution in [0.1, 0.15) is 39.0 Å². The number of carbonyl (C=O) groups excluding carboxylic acids is 1. The summed E-state index contributed by atoms with van der Waals surface area (Å²) in [5, 5.41) is 11.3. The van der Waals surface area contributed by atoms with Crippen LogP contribution in [0.2, 0.25) is 0 Å². The number of aliphatic carboxylic acids is 1. The number of ether oxygens (including phenoxy) is 1. The van der Waals surface area contributed by atoms with Crippen molar-refractivity contribution in [1.82, 2.24) is 5.32 Å². The second kappa shape index (κ2) is 7.27. The summed E-state index contributed by atoms with van der Waals surface area (Å²) in [5.41, 5.74) is 0. The number of unbranched alkanes of at least 4 members (excludes halogenated alkanes) is 1. The van der Waals surface area contributed by atoms with Crippen LogP contribution >= 0.6 is 0 Å².